The summed E-state index contributed by atoms with van der Waals surface area (Å²) in [6.07, 6.45) is 10.9. The van der Waals surface area contributed by atoms with E-state index >= 15 is 0 Å². The number of hydrogen-bond donors (Lipinski definition) is 1. The highest BCUT2D eigenvalue weighted by molar-refractivity contribution is 5.00. The largest absolute Gasteiger partial charge is 0.468 e. The van der Waals surface area contributed by atoms with Gasteiger partial charge in [-0.25, -0.2) is 0 Å². The van der Waals surface area contributed by atoms with Gasteiger partial charge in [0, 0.05) is 12.1 Å². The van der Waals surface area contributed by atoms with Crippen molar-refractivity contribution >= 4 is 0 Å². The third kappa shape index (κ3) is 3.15. The SMILES string of the molecule is CN(Cc1ccco1)C1(CN)CCCCCCC1. The van der Waals surface area contributed by atoms with Crippen LogP contribution in [0.15, 0.2) is 22.8 Å². The van der Waals surface area contributed by atoms with Crippen LogP contribution in [0.3, 0.4) is 0 Å². The number of nitrogens with two attached hydrogens (primary N) is 1. The fraction of sp³-hybridized carbons (Fsp3) is 0.733. The van der Waals surface area contributed by atoms with E-state index in [9.17, 15) is 0 Å². The molecule has 102 valence electrons. The van der Waals surface area contributed by atoms with Crippen molar-refractivity contribution in [1.29, 1.82) is 0 Å². The lowest BCUT2D eigenvalue weighted by atomic mass is 9.82. The predicted octanol–water partition coefficient (Wildman–Crippen LogP) is 3.15. The summed E-state index contributed by atoms with van der Waals surface area (Å²) in [5, 5.41) is 0. The number of furan rings is 1. The van der Waals surface area contributed by atoms with Crippen LogP contribution in [0.1, 0.15) is 50.7 Å². The van der Waals surface area contributed by atoms with Crippen molar-refractivity contribution < 1.29 is 4.42 Å². The molecule has 0 radical (unpaired) electrons. The number of rotatable bonds is 4. The number of nitrogens with zero attached hydrogens (tertiary/aromatic N) is 1. The van der Waals surface area contributed by atoms with Crippen LogP contribution in [0.4, 0.5) is 0 Å². The Labute approximate surface area is 110 Å². The molecule has 1 aliphatic rings. The maximum Gasteiger partial charge on any atom is 0.117 e. The molecule has 2 rings (SSSR count). The summed E-state index contributed by atoms with van der Waals surface area (Å²) in [5.41, 5.74) is 6.29. The Morgan fingerprint density at radius 1 is 1.22 bits per heavy atom. The van der Waals surface area contributed by atoms with Crippen LogP contribution < -0.4 is 5.73 Å². The molecule has 1 aromatic heterocycles. The van der Waals surface area contributed by atoms with Crippen molar-refractivity contribution in [2.45, 2.75) is 57.0 Å². The molecule has 1 fully saturated rings. The van der Waals surface area contributed by atoms with E-state index in [2.05, 4.69) is 11.9 Å². The number of hydrogen-bond acceptors (Lipinski definition) is 3. The minimum absolute atomic E-state index is 0.174. The van der Waals surface area contributed by atoms with Gasteiger partial charge in [0.2, 0.25) is 0 Å². The Balaban J connectivity index is 2.03. The van der Waals surface area contributed by atoms with Crippen molar-refractivity contribution in [1.82, 2.24) is 4.90 Å². The zero-order chi connectivity index (χ0) is 12.8. The molecular weight excluding hydrogens is 224 g/mol. The van der Waals surface area contributed by atoms with Gasteiger partial charge < -0.3 is 10.2 Å². The van der Waals surface area contributed by atoms with Gasteiger partial charge in [-0.15, -0.1) is 0 Å². The second kappa shape index (κ2) is 6.39. The van der Waals surface area contributed by atoms with Gasteiger partial charge in [0.05, 0.1) is 12.8 Å². The van der Waals surface area contributed by atoms with Crippen molar-refractivity contribution in [2.75, 3.05) is 13.6 Å². The second-order valence-corrected chi connectivity index (χ2v) is 5.63. The van der Waals surface area contributed by atoms with Crippen LogP contribution in [0, 0.1) is 0 Å². The lowest BCUT2D eigenvalue weighted by molar-refractivity contribution is 0.0799. The first-order valence-corrected chi connectivity index (χ1v) is 7.20. The molecule has 1 saturated carbocycles. The van der Waals surface area contributed by atoms with Gasteiger partial charge in [-0.2, -0.15) is 0 Å². The summed E-state index contributed by atoms with van der Waals surface area (Å²) in [7, 11) is 2.19. The molecule has 0 amide bonds. The Bertz CT molecular complexity index is 326. The third-order valence-electron chi connectivity index (χ3n) is 4.45. The van der Waals surface area contributed by atoms with Crippen LogP contribution in [0.5, 0.6) is 0 Å². The fourth-order valence-electron chi connectivity index (χ4n) is 3.11. The van der Waals surface area contributed by atoms with Crippen LogP contribution in [-0.4, -0.2) is 24.0 Å². The normalized spacial score (nSPS) is 20.6. The molecule has 1 heterocycles. The smallest absolute Gasteiger partial charge is 0.117 e. The average molecular weight is 250 g/mol. The molecule has 0 spiro atoms. The van der Waals surface area contributed by atoms with Gasteiger partial charge in [0.1, 0.15) is 5.76 Å². The minimum atomic E-state index is 0.174. The first-order valence-electron chi connectivity index (χ1n) is 7.20. The van der Waals surface area contributed by atoms with Gasteiger partial charge in [-0.05, 0) is 32.0 Å². The second-order valence-electron chi connectivity index (χ2n) is 5.63. The highest BCUT2D eigenvalue weighted by Gasteiger charge is 2.33. The number of likely N-dealkylation sites (N-methyl/N-ethyl adjacent to an activating group) is 1. The molecular formula is C15H26N2O. The highest BCUT2D eigenvalue weighted by atomic mass is 16.3. The highest BCUT2D eigenvalue weighted by Crippen LogP contribution is 2.31. The van der Waals surface area contributed by atoms with Crippen molar-refractivity contribution in [2.24, 2.45) is 5.73 Å². The zero-order valence-electron chi connectivity index (χ0n) is 11.5. The Hall–Kier alpha value is -0.800. The first-order chi connectivity index (χ1) is 8.77. The fourth-order valence-corrected chi connectivity index (χ4v) is 3.11. The summed E-state index contributed by atoms with van der Waals surface area (Å²) in [4.78, 5) is 2.41. The van der Waals surface area contributed by atoms with Crippen LogP contribution in [0.25, 0.3) is 0 Å². The molecule has 1 aliphatic carbocycles. The molecule has 18 heavy (non-hydrogen) atoms. The van der Waals surface area contributed by atoms with Gasteiger partial charge in [-0.3, -0.25) is 4.90 Å². The maximum atomic E-state index is 6.12. The van der Waals surface area contributed by atoms with Crippen LogP contribution in [0.2, 0.25) is 0 Å². The standard InChI is InChI=1S/C15H26N2O/c1-17(12-14-8-7-11-18-14)15(13-16)9-5-3-2-4-6-10-15/h7-8,11H,2-6,9-10,12-13,16H2,1H3. The lowest BCUT2D eigenvalue weighted by Crippen LogP contribution is -2.52. The van der Waals surface area contributed by atoms with E-state index in [0.717, 1.165) is 18.8 Å². The van der Waals surface area contributed by atoms with E-state index in [-0.39, 0.29) is 5.54 Å². The summed E-state index contributed by atoms with van der Waals surface area (Å²) in [6.45, 7) is 1.62. The molecule has 1 aromatic rings. The van der Waals surface area contributed by atoms with Crippen molar-refractivity contribution in [3.63, 3.8) is 0 Å². The van der Waals surface area contributed by atoms with E-state index < -0.39 is 0 Å². The molecule has 3 heteroatoms. The summed E-state index contributed by atoms with van der Waals surface area (Å²) in [6, 6.07) is 4.00. The first kappa shape index (κ1) is 13.6. The molecule has 0 atom stereocenters. The van der Waals surface area contributed by atoms with Gasteiger partial charge >= 0.3 is 0 Å². The Morgan fingerprint density at radius 3 is 2.44 bits per heavy atom. The molecule has 0 saturated heterocycles. The zero-order valence-corrected chi connectivity index (χ0v) is 11.5. The topological polar surface area (TPSA) is 42.4 Å². The Kier molecular flexibility index (Phi) is 4.84. The van der Waals surface area contributed by atoms with E-state index in [0.29, 0.717) is 0 Å². The van der Waals surface area contributed by atoms with E-state index in [1.165, 1.54) is 44.9 Å². The van der Waals surface area contributed by atoms with E-state index in [4.69, 9.17) is 10.2 Å². The molecule has 2 N–H and O–H groups in total. The molecule has 0 aliphatic heterocycles. The lowest BCUT2D eigenvalue weighted by Gasteiger charge is -2.42. The van der Waals surface area contributed by atoms with Crippen LogP contribution in [-0.2, 0) is 6.54 Å². The monoisotopic (exact) mass is 250 g/mol. The molecule has 0 bridgehead atoms. The average Bonchev–Trinajstić information content (AvgIpc) is 2.82. The van der Waals surface area contributed by atoms with E-state index in [1.54, 1.807) is 6.26 Å². The maximum absolute atomic E-state index is 6.12. The molecule has 0 aromatic carbocycles. The van der Waals surface area contributed by atoms with Gasteiger partial charge in [0.25, 0.3) is 0 Å². The Morgan fingerprint density at radius 2 is 1.89 bits per heavy atom. The summed E-state index contributed by atoms with van der Waals surface area (Å²) in [5.74, 6) is 1.03. The quantitative estimate of drug-likeness (QED) is 0.892. The third-order valence-corrected chi connectivity index (χ3v) is 4.45. The van der Waals surface area contributed by atoms with Crippen molar-refractivity contribution in [3.05, 3.63) is 24.2 Å². The van der Waals surface area contributed by atoms with Gasteiger partial charge in [0.15, 0.2) is 0 Å². The summed E-state index contributed by atoms with van der Waals surface area (Å²) >= 11 is 0. The van der Waals surface area contributed by atoms with Crippen LogP contribution >= 0.6 is 0 Å². The van der Waals surface area contributed by atoms with Crippen molar-refractivity contribution in [3.8, 4) is 0 Å². The minimum Gasteiger partial charge on any atom is -0.468 e. The molecule has 0 unspecified atom stereocenters. The van der Waals surface area contributed by atoms with Gasteiger partial charge in [-0.1, -0.05) is 32.1 Å². The molecule has 3 nitrogen and oxygen atoms in total. The van der Waals surface area contributed by atoms with E-state index in [1.807, 2.05) is 12.1 Å². The summed E-state index contributed by atoms with van der Waals surface area (Å²) < 4.78 is 5.46. The predicted molar refractivity (Wildman–Crippen MR) is 74.3 cm³/mol.